The molecule has 0 amide bonds. The first-order valence-corrected chi connectivity index (χ1v) is 14.7. The molecule has 8 rings (SSSR count). The molecule has 44 heavy (non-hydrogen) atoms. The Morgan fingerprint density at radius 1 is 0.591 bits per heavy atom. The summed E-state index contributed by atoms with van der Waals surface area (Å²) in [5.74, 6) is 0.573. The summed E-state index contributed by atoms with van der Waals surface area (Å²) in [5, 5.41) is 0. The maximum absolute atomic E-state index is 5.35. The Labute approximate surface area is 257 Å². The number of hydrogen-bond acceptors (Lipinski definition) is 3. The third kappa shape index (κ3) is 3.74. The van der Waals surface area contributed by atoms with Gasteiger partial charge < -0.3 is 4.90 Å². The highest BCUT2D eigenvalue weighted by atomic mass is 15.2. The van der Waals surface area contributed by atoms with E-state index in [0.29, 0.717) is 5.84 Å². The molecule has 0 saturated heterocycles. The first kappa shape index (κ1) is 25.8. The predicted octanol–water partition coefficient (Wildman–Crippen LogP) is 9.23. The summed E-state index contributed by atoms with van der Waals surface area (Å²) in [4.78, 5) is 17.1. The number of pyridine rings is 1. The van der Waals surface area contributed by atoms with Gasteiger partial charge >= 0.3 is 0 Å². The second-order valence-electron chi connectivity index (χ2n) is 10.9. The van der Waals surface area contributed by atoms with Crippen LogP contribution in [-0.2, 0) is 5.41 Å². The molecule has 0 radical (unpaired) electrons. The van der Waals surface area contributed by atoms with Crippen LogP contribution in [0.25, 0.3) is 11.3 Å². The Bertz CT molecular complexity index is 2030. The second-order valence-corrected chi connectivity index (χ2v) is 10.9. The van der Waals surface area contributed by atoms with Gasteiger partial charge in [0, 0.05) is 28.6 Å². The van der Waals surface area contributed by atoms with E-state index in [9.17, 15) is 0 Å². The van der Waals surface area contributed by atoms with Crippen molar-refractivity contribution in [2.45, 2.75) is 5.41 Å². The van der Waals surface area contributed by atoms with Gasteiger partial charge in [0.15, 0.2) is 5.84 Å². The molecule has 4 nitrogen and oxygen atoms in total. The quantitative estimate of drug-likeness (QED) is 0.158. The van der Waals surface area contributed by atoms with E-state index in [-0.39, 0.29) is 0 Å². The Morgan fingerprint density at radius 2 is 1.16 bits per heavy atom. The summed E-state index contributed by atoms with van der Waals surface area (Å²) in [6.45, 7) is 3.93. The van der Waals surface area contributed by atoms with Gasteiger partial charge in [-0.2, -0.15) is 0 Å². The molecule has 1 aromatic heterocycles. The van der Waals surface area contributed by atoms with Gasteiger partial charge in [-0.1, -0.05) is 115 Å². The number of hydrogen-bond donors (Lipinski definition) is 0. The topological polar surface area (TPSA) is 40.9 Å². The molecule has 0 atom stereocenters. The lowest BCUT2D eigenvalue weighted by atomic mass is 9.63. The maximum atomic E-state index is 5.35. The van der Waals surface area contributed by atoms with Crippen LogP contribution in [0.3, 0.4) is 0 Å². The summed E-state index contributed by atoms with van der Waals surface area (Å²) in [7, 11) is 0. The number of para-hydroxylation sites is 3. The molecule has 2 heterocycles. The fourth-order valence-electron chi connectivity index (χ4n) is 6.95. The van der Waals surface area contributed by atoms with Crippen LogP contribution in [0.2, 0.25) is 0 Å². The molecule has 0 N–H and O–H groups in total. The summed E-state index contributed by atoms with van der Waals surface area (Å²) in [6, 6.07) is 52.8. The van der Waals surface area contributed by atoms with Gasteiger partial charge in [0.2, 0.25) is 0 Å². The number of nitrogens with zero attached hydrogens (tertiary/aromatic N) is 4. The van der Waals surface area contributed by atoms with Gasteiger partial charge in [-0.15, -0.1) is 0 Å². The number of aromatic nitrogens is 1. The molecule has 0 bridgehead atoms. The van der Waals surface area contributed by atoms with Crippen LogP contribution in [0, 0.1) is 0 Å². The van der Waals surface area contributed by atoms with Crippen LogP contribution in [0.5, 0.6) is 0 Å². The largest absolute Gasteiger partial charge is 0.310 e. The molecule has 0 unspecified atom stereocenters. The van der Waals surface area contributed by atoms with Crippen molar-refractivity contribution in [2.24, 2.45) is 9.98 Å². The molecule has 1 aliphatic carbocycles. The SMILES string of the molecule is C=NC(=NC1=C(c2ccccn2)C2(c3ccccc31)c1ccccc1N(c1ccccc1)c1ccccc12)c1ccccc1. The molecular weight excluding hydrogens is 536 g/mol. The molecule has 4 heteroatoms. The monoisotopic (exact) mass is 564 g/mol. The third-order valence-corrected chi connectivity index (χ3v) is 8.63. The second kappa shape index (κ2) is 10.4. The number of amidine groups is 1. The smallest absolute Gasteiger partial charge is 0.159 e. The van der Waals surface area contributed by atoms with Crippen molar-refractivity contribution >= 4 is 40.9 Å². The van der Waals surface area contributed by atoms with Crippen molar-refractivity contribution in [2.75, 3.05) is 4.90 Å². The molecule has 208 valence electrons. The molecule has 0 saturated carbocycles. The minimum Gasteiger partial charge on any atom is -0.310 e. The lowest BCUT2D eigenvalue weighted by molar-refractivity contribution is 0.790. The molecular formula is C40H28N4. The zero-order valence-electron chi connectivity index (χ0n) is 24.0. The number of benzene rings is 5. The van der Waals surface area contributed by atoms with Gasteiger partial charge in [-0.3, -0.25) is 4.98 Å². The molecule has 1 spiro atoms. The van der Waals surface area contributed by atoms with Gasteiger partial charge in [-0.05, 0) is 59.8 Å². The van der Waals surface area contributed by atoms with Crippen molar-refractivity contribution in [1.29, 1.82) is 0 Å². The van der Waals surface area contributed by atoms with E-state index in [4.69, 9.17) is 9.98 Å². The summed E-state index contributed by atoms with van der Waals surface area (Å²) >= 11 is 0. The lowest BCUT2D eigenvalue weighted by Crippen LogP contribution is -2.36. The zero-order valence-corrected chi connectivity index (χ0v) is 24.0. The van der Waals surface area contributed by atoms with E-state index in [2.05, 4.69) is 126 Å². The van der Waals surface area contributed by atoms with Crippen LogP contribution in [0.1, 0.15) is 33.5 Å². The summed E-state index contributed by atoms with van der Waals surface area (Å²) < 4.78 is 0. The van der Waals surface area contributed by atoms with Crippen molar-refractivity contribution in [3.05, 3.63) is 191 Å². The van der Waals surface area contributed by atoms with E-state index in [1.807, 2.05) is 48.7 Å². The van der Waals surface area contributed by atoms with E-state index in [1.165, 1.54) is 16.7 Å². The zero-order chi connectivity index (χ0) is 29.5. The van der Waals surface area contributed by atoms with Gasteiger partial charge in [-0.25, -0.2) is 9.98 Å². The molecule has 0 fully saturated rings. The number of aliphatic imine (C=N–C) groups is 2. The summed E-state index contributed by atoms with van der Waals surface area (Å²) in [5.41, 5.74) is 10.9. The van der Waals surface area contributed by atoms with Crippen molar-refractivity contribution in [1.82, 2.24) is 4.98 Å². The Morgan fingerprint density at radius 3 is 1.80 bits per heavy atom. The predicted molar refractivity (Wildman–Crippen MR) is 181 cm³/mol. The fraction of sp³-hybridized carbons (Fsp3) is 0.0250. The van der Waals surface area contributed by atoms with Crippen LogP contribution in [0.15, 0.2) is 168 Å². The highest BCUT2D eigenvalue weighted by Crippen LogP contribution is 2.64. The molecule has 5 aromatic carbocycles. The van der Waals surface area contributed by atoms with E-state index in [0.717, 1.165) is 45.2 Å². The standard InChI is InChI=1S/C40H28N4/c1-41-39(28-16-4-2-5-17-28)43-38-30-20-8-9-21-31(30)40(37(38)34-24-14-15-27-42-34)32-22-10-12-25-35(32)44(29-18-6-3-7-19-29)36-26-13-11-23-33(36)40/h2-27H,1H2. The van der Waals surface area contributed by atoms with Crippen LogP contribution in [-0.4, -0.2) is 17.5 Å². The Balaban J connectivity index is 1.54. The number of rotatable bonds is 4. The normalized spacial score (nSPS) is 14.6. The minimum absolute atomic E-state index is 0.573. The molecule has 1 aliphatic heterocycles. The minimum atomic E-state index is -0.689. The molecule has 6 aromatic rings. The number of allylic oxidation sites excluding steroid dienone is 1. The highest BCUT2D eigenvalue weighted by molar-refractivity contribution is 6.13. The van der Waals surface area contributed by atoms with Crippen molar-refractivity contribution in [3.8, 4) is 0 Å². The van der Waals surface area contributed by atoms with Gasteiger partial charge in [0.05, 0.1) is 28.2 Å². The van der Waals surface area contributed by atoms with E-state index in [1.54, 1.807) is 0 Å². The number of anilines is 3. The van der Waals surface area contributed by atoms with E-state index >= 15 is 0 Å². The highest BCUT2D eigenvalue weighted by Gasteiger charge is 2.54. The average Bonchev–Trinajstić information content (AvgIpc) is 3.39. The maximum Gasteiger partial charge on any atom is 0.159 e. The van der Waals surface area contributed by atoms with Gasteiger partial charge in [0.1, 0.15) is 0 Å². The Hall–Kier alpha value is -5.87. The average molecular weight is 565 g/mol. The van der Waals surface area contributed by atoms with Crippen molar-refractivity contribution in [3.63, 3.8) is 0 Å². The first-order valence-electron chi connectivity index (χ1n) is 14.7. The van der Waals surface area contributed by atoms with Crippen LogP contribution in [0.4, 0.5) is 17.1 Å². The number of fused-ring (bicyclic) bond motifs is 6. The third-order valence-electron chi connectivity index (χ3n) is 8.63. The van der Waals surface area contributed by atoms with E-state index < -0.39 is 5.41 Å². The first-order chi connectivity index (χ1) is 21.8. The molecule has 2 aliphatic rings. The Kier molecular flexibility index (Phi) is 6.13. The van der Waals surface area contributed by atoms with Gasteiger partial charge in [0.25, 0.3) is 0 Å². The van der Waals surface area contributed by atoms with Crippen molar-refractivity contribution < 1.29 is 0 Å². The lowest BCUT2D eigenvalue weighted by Gasteiger charge is -2.45. The van der Waals surface area contributed by atoms with Crippen LogP contribution >= 0.6 is 0 Å². The fourth-order valence-corrected chi connectivity index (χ4v) is 6.95. The summed E-state index contributed by atoms with van der Waals surface area (Å²) in [6.07, 6.45) is 1.86. The van der Waals surface area contributed by atoms with Crippen LogP contribution < -0.4 is 4.90 Å².